The highest BCUT2D eigenvalue weighted by atomic mass is 79.9. The summed E-state index contributed by atoms with van der Waals surface area (Å²) in [4.78, 5) is 0. The molecule has 0 aliphatic rings. The maximum atomic E-state index is 4.41. The van der Waals surface area contributed by atoms with E-state index in [4.69, 9.17) is 0 Å². The second-order valence-corrected chi connectivity index (χ2v) is 4.90. The molecule has 90 valence electrons. The van der Waals surface area contributed by atoms with Crippen molar-refractivity contribution in [2.45, 2.75) is 12.5 Å². The number of halogens is 1. The first-order valence-corrected chi connectivity index (χ1v) is 6.40. The first kappa shape index (κ1) is 12.3. The number of aromatic nitrogens is 2. The van der Waals surface area contributed by atoms with Crippen LogP contribution in [0.4, 0.5) is 0 Å². The van der Waals surface area contributed by atoms with E-state index in [1.54, 1.807) is 0 Å². The van der Waals surface area contributed by atoms with Gasteiger partial charge in [-0.25, -0.2) is 0 Å². The Hall–Kier alpha value is -1.13. The molecule has 1 N–H and O–H groups in total. The third-order valence-corrected chi connectivity index (χ3v) is 3.53. The normalized spacial score (nSPS) is 12.6. The second kappa shape index (κ2) is 5.47. The van der Waals surface area contributed by atoms with Crippen LogP contribution in [-0.4, -0.2) is 16.8 Å². The van der Waals surface area contributed by atoms with Crippen molar-refractivity contribution < 1.29 is 0 Å². The molecule has 0 spiro atoms. The minimum atomic E-state index is 0.278. The maximum Gasteiger partial charge on any atom is 0.0643 e. The fourth-order valence-electron chi connectivity index (χ4n) is 1.91. The van der Waals surface area contributed by atoms with E-state index >= 15 is 0 Å². The number of hydrogen-bond acceptors (Lipinski definition) is 2. The molecule has 3 nitrogen and oxygen atoms in total. The van der Waals surface area contributed by atoms with Crippen molar-refractivity contribution in [3.05, 3.63) is 52.3 Å². The number of aryl methyl sites for hydroxylation is 1. The molecule has 1 unspecified atom stereocenters. The average Bonchev–Trinajstić information content (AvgIpc) is 2.73. The highest BCUT2D eigenvalue weighted by Crippen LogP contribution is 2.25. The van der Waals surface area contributed by atoms with Crippen LogP contribution in [0.1, 0.15) is 17.3 Å². The molecule has 0 saturated heterocycles. The van der Waals surface area contributed by atoms with Gasteiger partial charge in [0.25, 0.3) is 0 Å². The predicted molar refractivity (Wildman–Crippen MR) is 72.9 cm³/mol. The molecule has 17 heavy (non-hydrogen) atoms. The highest BCUT2D eigenvalue weighted by molar-refractivity contribution is 9.10. The van der Waals surface area contributed by atoms with Crippen LogP contribution in [0.25, 0.3) is 0 Å². The van der Waals surface area contributed by atoms with Gasteiger partial charge < -0.3 is 5.32 Å². The Balaban J connectivity index is 2.20. The van der Waals surface area contributed by atoms with E-state index in [0.717, 1.165) is 16.6 Å². The third-order valence-electron chi connectivity index (χ3n) is 2.81. The van der Waals surface area contributed by atoms with E-state index in [2.05, 4.69) is 50.6 Å². The van der Waals surface area contributed by atoms with Crippen molar-refractivity contribution in [2.75, 3.05) is 7.05 Å². The minimum absolute atomic E-state index is 0.278. The summed E-state index contributed by atoms with van der Waals surface area (Å²) in [6, 6.07) is 10.6. The molecule has 1 aromatic carbocycles. The van der Waals surface area contributed by atoms with Crippen molar-refractivity contribution in [1.29, 1.82) is 0 Å². The third kappa shape index (κ3) is 2.96. The molecule has 2 rings (SSSR count). The standard InChI is InChI=1S/C13H16BrN3/c1-15-13(9-10-7-8-17(2)16-10)11-5-3-4-6-12(11)14/h3-8,13,15H,9H2,1-2H3. The lowest BCUT2D eigenvalue weighted by molar-refractivity contribution is 0.575. The second-order valence-electron chi connectivity index (χ2n) is 4.05. The zero-order valence-electron chi connectivity index (χ0n) is 10.0. The SMILES string of the molecule is CNC(Cc1ccn(C)n1)c1ccccc1Br. The van der Waals surface area contributed by atoms with Gasteiger partial charge in [0.15, 0.2) is 0 Å². The van der Waals surface area contributed by atoms with Crippen molar-refractivity contribution in [3.8, 4) is 0 Å². The van der Waals surface area contributed by atoms with Gasteiger partial charge in [-0.15, -0.1) is 0 Å². The summed E-state index contributed by atoms with van der Waals surface area (Å²) in [5.74, 6) is 0. The fraction of sp³-hybridized carbons (Fsp3) is 0.308. The van der Waals surface area contributed by atoms with Crippen molar-refractivity contribution in [1.82, 2.24) is 15.1 Å². The van der Waals surface area contributed by atoms with Crippen LogP contribution in [-0.2, 0) is 13.5 Å². The molecule has 1 heterocycles. The van der Waals surface area contributed by atoms with Crippen molar-refractivity contribution in [3.63, 3.8) is 0 Å². The summed E-state index contributed by atoms with van der Waals surface area (Å²) >= 11 is 3.59. The van der Waals surface area contributed by atoms with Gasteiger partial charge in [0.05, 0.1) is 5.69 Å². The quantitative estimate of drug-likeness (QED) is 0.939. The zero-order valence-corrected chi connectivity index (χ0v) is 11.6. The lowest BCUT2D eigenvalue weighted by Crippen LogP contribution is -2.19. The topological polar surface area (TPSA) is 29.9 Å². The maximum absolute atomic E-state index is 4.41. The Labute approximate surface area is 110 Å². The van der Waals surface area contributed by atoms with E-state index in [-0.39, 0.29) is 6.04 Å². The number of rotatable bonds is 4. The van der Waals surface area contributed by atoms with E-state index in [0.29, 0.717) is 0 Å². The molecule has 0 radical (unpaired) electrons. The van der Waals surface area contributed by atoms with E-state index in [9.17, 15) is 0 Å². The van der Waals surface area contributed by atoms with E-state index < -0.39 is 0 Å². The molecule has 0 aliphatic heterocycles. The van der Waals surface area contributed by atoms with Gasteiger partial charge in [0, 0.05) is 30.2 Å². The van der Waals surface area contributed by atoms with Crippen LogP contribution in [0.3, 0.4) is 0 Å². The molecule has 2 aromatic rings. The Morgan fingerprint density at radius 3 is 2.71 bits per heavy atom. The van der Waals surface area contributed by atoms with Gasteiger partial charge in [0.2, 0.25) is 0 Å². The summed E-state index contributed by atoms with van der Waals surface area (Å²) in [7, 11) is 3.92. The monoisotopic (exact) mass is 293 g/mol. The summed E-state index contributed by atoms with van der Waals surface area (Å²) < 4.78 is 2.97. The number of hydrogen-bond donors (Lipinski definition) is 1. The van der Waals surface area contributed by atoms with Gasteiger partial charge in [0.1, 0.15) is 0 Å². The molecule has 0 aliphatic carbocycles. The van der Waals surface area contributed by atoms with Gasteiger partial charge in [-0.1, -0.05) is 34.1 Å². The fourth-order valence-corrected chi connectivity index (χ4v) is 2.47. The molecular weight excluding hydrogens is 278 g/mol. The lowest BCUT2D eigenvalue weighted by atomic mass is 10.0. The van der Waals surface area contributed by atoms with Gasteiger partial charge in [-0.05, 0) is 24.7 Å². The molecule has 0 saturated carbocycles. The lowest BCUT2D eigenvalue weighted by Gasteiger charge is -2.16. The van der Waals surface area contributed by atoms with Crippen LogP contribution in [0, 0.1) is 0 Å². The Morgan fingerprint density at radius 1 is 1.35 bits per heavy atom. The summed E-state index contributed by atoms with van der Waals surface area (Å²) in [5.41, 5.74) is 2.36. The number of likely N-dealkylation sites (N-methyl/N-ethyl adjacent to an activating group) is 1. The summed E-state index contributed by atoms with van der Waals surface area (Å²) in [6.45, 7) is 0. The predicted octanol–water partition coefficient (Wildman–Crippen LogP) is 2.69. The van der Waals surface area contributed by atoms with Crippen molar-refractivity contribution in [2.24, 2.45) is 7.05 Å². The molecular formula is C13H16BrN3. The number of benzene rings is 1. The largest absolute Gasteiger partial charge is 0.313 e. The molecule has 0 fully saturated rings. The molecule has 1 atom stereocenters. The first-order valence-electron chi connectivity index (χ1n) is 5.61. The molecule has 0 bridgehead atoms. The van der Waals surface area contributed by atoms with E-state index in [1.807, 2.05) is 31.0 Å². The highest BCUT2D eigenvalue weighted by Gasteiger charge is 2.13. The Kier molecular flexibility index (Phi) is 3.97. The first-order chi connectivity index (χ1) is 8.20. The van der Waals surface area contributed by atoms with Crippen LogP contribution < -0.4 is 5.32 Å². The van der Waals surface area contributed by atoms with Crippen molar-refractivity contribution >= 4 is 15.9 Å². The van der Waals surface area contributed by atoms with Crippen LogP contribution in [0.15, 0.2) is 41.0 Å². The summed E-state index contributed by atoms with van der Waals surface area (Å²) in [6.07, 6.45) is 2.86. The number of nitrogens with zero attached hydrogens (tertiary/aromatic N) is 2. The molecule has 0 amide bonds. The van der Waals surface area contributed by atoms with Gasteiger partial charge in [-0.2, -0.15) is 5.10 Å². The smallest absolute Gasteiger partial charge is 0.0643 e. The summed E-state index contributed by atoms with van der Waals surface area (Å²) in [5, 5.41) is 7.75. The minimum Gasteiger partial charge on any atom is -0.313 e. The average molecular weight is 294 g/mol. The van der Waals surface area contributed by atoms with E-state index in [1.165, 1.54) is 5.56 Å². The Morgan fingerprint density at radius 2 is 2.12 bits per heavy atom. The van der Waals surface area contributed by atoms with Crippen LogP contribution >= 0.6 is 15.9 Å². The molecule has 4 heteroatoms. The van der Waals surface area contributed by atoms with Gasteiger partial charge >= 0.3 is 0 Å². The Bertz CT molecular complexity index is 493. The molecule has 1 aromatic heterocycles. The zero-order chi connectivity index (χ0) is 12.3. The van der Waals surface area contributed by atoms with Crippen LogP contribution in [0.5, 0.6) is 0 Å². The van der Waals surface area contributed by atoms with Crippen LogP contribution in [0.2, 0.25) is 0 Å². The van der Waals surface area contributed by atoms with Gasteiger partial charge in [-0.3, -0.25) is 4.68 Å². The number of nitrogens with one attached hydrogen (secondary N) is 1.